The SMILES string of the molecule is CC(=O)NC(Cc1ccccc1)C(=O)N1CCCCC1. The van der Waals surface area contributed by atoms with Gasteiger partial charge in [0.15, 0.2) is 0 Å². The van der Waals surface area contributed by atoms with Gasteiger partial charge in [-0.15, -0.1) is 0 Å². The number of amides is 2. The lowest BCUT2D eigenvalue weighted by Crippen LogP contribution is -2.50. The van der Waals surface area contributed by atoms with E-state index >= 15 is 0 Å². The maximum absolute atomic E-state index is 12.5. The maximum Gasteiger partial charge on any atom is 0.245 e. The Morgan fingerprint density at radius 1 is 1.15 bits per heavy atom. The van der Waals surface area contributed by atoms with Gasteiger partial charge in [-0.05, 0) is 24.8 Å². The molecule has 2 amide bonds. The molecule has 1 aromatic carbocycles. The summed E-state index contributed by atoms with van der Waals surface area (Å²) in [5, 5.41) is 2.80. The van der Waals surface area contributed by atoms with Gasteiger partial charge in [0.1, 0.15) is 6.04 Å². The van der Waals surface area contributed by atoms with Crippen molar-refractivity contribution in [2.45, 2.75) is 38.6 Å². The highest BCUT2D eigenvalue weighted by molar-refractivity contribution is 5.87. The Hall–Kier alpha value is -1.84. The molecule has 1 saturated heterocycles. The smallest absolute Gasteiger partial charge is 0.245 e. The van der Waals surface area contributed by atoms with E-state index < -0.39 is 6.04 Å². The van der Waals surface area contributed by atoms with Gasteiger partial charge in [-0.3, -0.25) is 9.59 Å². The number of likely N-dealkylation sites (tertiary alicyclic amines) is 1. The van der Waals surface area contributed by atoms with E-state index in [1.807, 2.05) is 35.2 Å². The van der Waals surface area contributed by atoms with Crippen LogP contribution in [-0.2, 0) is 16.0 Å². The van der Waals surface area contributed by atoms with Crippen LogP contribution in [-0.4, -0.2) is 35.8 Å². The van der Waals surface area contributed by atoms with Crippen molar-refractivity contribution < 1.29 is 9.59 Å². The monoisotopic (exact) mass is 274 g/mol. The van der Waals surface area contributed by atoms with Gasteiger partial charge in [-0.2, -0.15) is 0 Å². The molecule has 0 radical (unpaired) electrons. The van der Waals surface area contributed by atoms with Gasteiger partial charge in [0.2, 0.25) is 11.8 Å². The number of rotatable bonds is 4. The molecular formula is C16H22N2O2. The van der Waals surface area contributed by atoms with Crippen molar-refractivity contribution in [3.8, 4) is 0 Å². The summed E-state index contributed by atoms with van der Waals surface area (Å²) in [6.45, 7) is 3.08. The number of nitrogens with zero attached hydrogens (tertiary/aromatic N) is 1. The molecule has 0 aliphatic carbocycles. The Bertz CT molecular complexity index is 453. The molecule has 1 N–H and O–H groups in total. The summed E-state index contributed by atoms with van der Waals surface area (Å²) in [6, 6.07) is 9.37. The molecule has 1 aromatic rings. The lowest BCUT2D eigenvalue weighted by atomic mass is 10.0. The van der Waals surface area contributed by atoms with Gasteiger partial charge in [-0.25, -0.2) is 0 Å². The lowest BCUT2D eigenvalue weighted by Gasteiger charge is -2.30. The summed E-state index contributed by atoms with van der Waals surface area (Å²) in [5.74, 6) is -0.111. The van der Waals surface area contributed by atoms with Gasteiger partial charge in [0.25, 0.3) is 0 Å². The lowest BCUT2D eigenvalue weighted by molar-refractivity contribution is -0.136. The van der Waals surface area contributed by atoms with Crippen LogP contribution in [0.25, 0.3) is 0 Å². The summed E-state index contributed by atoms with van der Waals surface area (Å²) in [7, 11) is 0. The van der Waals surface area contributed by atoms with Crippen molar-refractivity contribution in [2.24, 2.45) is 0 Å². The fourth-order valence-corrected chi connectivity index (χ4v) is 2.63. The molecule has 0 spiro atoms. The molecule has 0 bridgehead atoms. The van der Waals surface area contributed by atoms with E-state index in [0.717, 1.165) is 31.5 Å². The summed E-state index contributed by atoms with van der Waals surface area (Å²) >= 11 is 0. The molecule has 1 fully saturated rings. The van der Waals surface area contributed by atoms with Gasteiger partial charge >= 0.3 is 0 Å². The molecule has 0 aromatic heterocycles. The van der Waals surface area contributed by atoms with Crippen LogP contribution in [0.15, 0.2) is 30.3 Å². The van der Waals surface area contributed by atoms with Crippen molar-refractivity contribution in [3.05, 3.63) is 35.9 Å². The van der Waals surface area contributed by atoms with Crippen LogP contribution in [0.1, 0.15) is 31.7 Å². The van der Waals surface area contributed by atoms with Crippen LogP contribution < -0.4 is 5.32 Å². The van der Waals surface area contributed by atoms with Crippen molar-refractivity contribution in [3.63, 3.8) is 0 Å². The zero-order chi connectivity index (χ0) is 14.4. The fraction of sp³-hybridized carbons (Fsp3) is 0.500. The quantitative estimate of drug-likeness (QED) is 0.909. The highest BCUT2D eigenvalue weighted by Crippen LogP contribution is 2.12. The maximum atomic E-state index is 12.5. The van der Waals surface area contributed by atoms with E-state index in [1.165, 1.54) is 13.3 Å². The van der Waals surface area contributed by atoms with Crippen LogP contribution in [0.2, 0.25) is 0 Å². The highest BCUT2D eigenvalue weighted by atomic mass is 16.2. The summed E-state index contributed by atoms with van der Waals surface area (Å²) in [5.41, 5.74) is 1.07. The predicted octanol–water partition coefficient (Wildman–Crippen LogP) is 1.75. The number of hydrogen-bond donors (Lipinski definition) is 1. The number of piperidine rings is 1. The van der Waals surface area contributed by atoms with Crippen LogP contribution in [0.4, 0.5) is 0 Å². The van der Waals surface area contributed by atoms with Crippen molar-refractivity contribution in [2.75, 3.05) is 13.1 Å². The number of hydrogen-bond acceptors (Lipinski definition) is 2. The first-order valence-electron chi connectivity index (χ1n) is 7.26. The molecule has 4 nitrogen and oxygen atoms in total. The third-order valence-electron chi connectivity index (χ3n) is 3.63. The topological polar surface area (TPSA) is 49.4 Å². The normalized spacial score (nSPS) is 16.6. The second-order valence-corrected chi connectivity index (χ2v) is 5.33. The minimum atomic E-state index is -0.451. The van der Waals surface area contributed by atoms with Crippen LogP contribution >= 0.6 is 0 Å². The minimum absolute atomic E-state index is 0.0451. The Labute approximate surface area is 120 Å². The Balaban J connectivity index is 2.05. The van der Waals surface area contributed by atoms with E-state index in [9.17, 15) is 9.59 Å². The predicted molar refractivity (Wildman–Crippen MR) is 78.2 cm³/mol. The molecule has 2 rings (SSSR count). The Morgan fingerprint density at radius 2 is 1.80 bits per heavy atom. The standard InChI is InChI=1S/C16H22N2O2/c1-13(19)17-15(12-14-8-4-2-5-9-14)16(20)18-10-6-3-7-11-18/h2,4-5,8-9,15H,3,6-7,10-12H2,1H3,(H,17,19). The summed E-state index contributed by atoms with van der Waals surface area (Å²) in [4.78, 5) is 25.8. The van der Waals surface area contributed by atoms with E-state index in [4.69, 9.17) is 0 Å². The Kier molecular flexibility index (Phi) is 5.16. The number of carbonyl (C=O) groups is 2. The van der Waals surface area contributed by atoms with Gasteiger partial charge in [-0.1, -0.05) is 30.3 Å². The first-order valence-corrected chi connectivity index (χ1v) is 7.26. The average molecular weight is 274 g/mol. The van der Waals surface area contributed by atoms with Crippen LogP contribution in [0.5, 0.6) is 0 Å². The minimum Gasteiger partial charge on any atom is -0.344 e. The van der Waals surface area contributed by atoms with Gasteiger partial charge in [0, 0.05) is 26.4 Å². The second-order valence-electron chi connectivity index (χ2n) is 5.33. The highest BCUT2D eigenvalue weighted by Gasteiger charge is 2.26. The molecule has 0 saturated carbocycles. The zero-order valence-corrected chi connectivity index (χ0v) is 12.0. The van der Waals surface area contributed by atoms with E-state index in [0.29, 0.717) is 6.42 Å². The van der Waals surface area contributed by atoms with Crippen LogP contribution in [0, 0.1) is 0 Å². The van der Waals surface area contributed by atoms with E-state index in [2.05, 4.69) is 5.32 Å². The summed E-state index contributed by atoms with van der Waals surface area (Å²) in [6.07, 6.45) is 3.86. The zero-order valence-electron chi connectivity index (χ0n) is 12.0. The van der Waals surface area contributed by atoms with Gasteiger partial charge in [0.05, 0.1) is 0 Å². The molecule has 1 aliphatic rings. The molecular weight excluding hydrogens is 252 g/mol. The molecule has 1 heterocycles. The number of benzene rings is 1. The third-order valence-corrected chi connectivity index (χ3v) is 3.63. The summed E-state index contributed by atoms with van der Waals surface area (Å²) < 4.78 is 0. The molecule has 4 heteroatoms. The van der Waals surface area contributed by atoms with Crippen molar-refractivity contribution in [1.82, 2.24) is 10.2 Å². The second kappa shape index (κ2) is 7.08. The van der Waals surface area contributed by atoms with E-state index in [-0.39, 0.29) is 11.8 Å². The molecule has 108 valence electrons. The number of nitrogens with one attached hydrogen (secondary N) is 1. The third kappa shape index (κ3) is 4.08. The average Bonchev–Trinajstić information content (AvgIpc) is 2.47. The largest absolute Gasteiger partial charge is 0.344 e. The number of carbonyl (C=O) groups excluding carboxylic acids is 2. The first kappa shape index (κ1) is 14.6. The first-order chi connectivity index (χ1) is 9.66. The fourth-order valence-electron chi connectivity index (χ4n) is 2.63. The van der Waals surface area contributed by atoms with E-state index in [1.54, 1.807) is 0 Å². The molecule has 1 aliphatic heterocycles. The molecule has 20 heavy (non-hydrogen) atoms. The van der Waals surface area contributed by atoms with Gasteiger partial charge < -0.3 is 10.2 Å². The van der Waals surface area contributed by atoms with Crippen LogP contribution in [0.3, 0.4) is 0 Å². The molecule has 1 atom stereocenters. The Morgan fingerprint density at radius 3 is 2.40 bits per heavy atom. The molecule has 1 unspecified atom stereocenters. The van der Waals surface area contributed by atoms with Crippen molar-refractivity contribution in [1.29, 1.82) is 0 Å². The van der Waals surface area contributed by atoms with Crippen molar-refractivity contribution >= 4 is 11.8 Å².